The van der Waals surface area contributed by atoms with E-state index in [1.807, 2.05) is 12.1 Å². The van der Waals surface area contributed by atoms with Gasteiger partial charge in [0.15, 0.2) is 0 Å². The zero-order chi connectivity index (χ0) is 25.0. The number of hydrogen-bond donors (Lipinski definition) is 2. The van der Waals surface area contributed by atoms with Crippen LogP contribution in [0.1, 0.15) is 98.2 Å². The van der Waals surface area contributed by atoms with Crippen LogP contribution >= 0.6 is 0 Å². The Hall–Kier alpha value is -3.07. The topological polar surface area (TPSA) is 58.6 Å². The number of nitrogens with zero attached hydrogens (tertiary/aromatic N) is 1. The summed E-state index contributed by atoms with van der Waals surface area (Å²) in [5, 5.41) is 9.70. The molecule has 0 heterocycles. The van der Waals surface area contributed by atoms with Crippen molar-refractivity contribution in [3.05, 3.63) is 87.5 Å². The van der Waals surface area contributed by atoms with Crippen molar-refractivity contribution in [2.75, 3.05) is 5.73 Å². The third-order valence-electron chi connectivity index (χ3n) is 6.45. The van der Waals surface area contributed by atoms with Crippen molar-refractivity contribution in [3.63, 3.8) is 0 Å². The number of aromatic hydroxyl groups is 1. The van der Waals surface area contributed by atoms with Crippen LogP contribution in [-0.4, -0.2) is 10.8 Å². The van der Waals surface area contributed by atoms with Crippen molar-refractivity contribution in [2.24, 2.45) is 4.99 Å². The molecule has 180 valence electrons. The molecule has 0 aromatic heterocycles. The van der Waals surface area contributed by atoms with Crippen LogP contribution in [0.15, 0.2) is 53.5 Å². The van der Waals surface area contributed by atoms with Gasteiger partial charge in [0.2, 0.25) is 0 Å². The molecule has 0 unspecified atom stereocenters. The highest BCUT2D eigenvalue weighted by Gasteiger charge is 2.15. The molecule has 3 rings (SSSR count). The van der Waals surface area contributed by atoms with Crippen molar-refractivity contribution in [1.82, 2.24) is 0 Å². The molecular formula is C31H40N2O. The van der Waals surface area contributed by atoms with Gasteiger partial charge >= 0.3 is 0 Å². The Morgan fingerprint density at radius 1 is 0.853 bits per heavy atom. The lowest BCUT2D eigenvalue weighted by atomic mass is 9.90. The molecule has 0 saturated carbocycles. The molecule has 3 aromatic rings. The predicted octanol–water partition coefficient (Wildman–Crippen LogP) is 8.35. The summed E-state index contributed by atoms with van der Waals surface area (Å²) in [6, 6.07) is 16.5. The fourth-order valence-electron chi connectivity index (χ4n) is 4.59. The van der Waals surface area contributed by atoms with Crippen molar-refractivity contribution in [2.45, 2.75) is 79.6 Å². The molecule has 0 aliphatic carbocycles. The summed E-state index contributed by atoms with van der Waals surface area (Å²) in [6.07, 6.45) is 2.79. The van der Waals surface area contributed by atoms with Gasteiger partial charge in [0.1, 0.15) is 5.75 Å². The Morgan fingerprint density at radius 3 is 1.97 bits per heavy atom. The molecule has 3 N–H and O–H groups in total. The predicted molar refractivity (Wildman–Crippen MR) is 147 cm³/mol. The van der Waals surface area contributed by atoms with E-state index in [0.29, 0.717) is 11.8 Å². The van der Waals surface area contributed by atoms with Crippen molar-refractivity contribution in [3.8, 4) is 5.75 Å². The van der Waals surface area contributed by atoms with Crippen LogP contribution in [0.5, 0.6) is 5.75 Å². The third-order valence-corrected chi connectivity index (χ3v) is 6.45. The maximum atomic E-state index is 9.70. The van der Waals surface area contributed by atoms with Gasteiger partial charge in [-0.3, -0.25) is 4.99 Å². The van der Waals surface area contributed by atoms with E-state index >= 15 is 0 Å². The van der Waals surface area contributed by atoms with E-state index in [2.05, 4.69) is 72.7 Å². The molecule has 3 heteroatoms. The van der Waals surface area contributed by atoms with Gasteiger partial charge in [-0.25, -0.2) is 0 Å². The zero-order valence-corrected chi connectivity index (χ0v) is 21.9. The van der Waals surface area contributed by atoms with E-state index in [0.717, 1.165) is 47.5 Å². The minimum atomic E-state index is 0.279. The number of benzene rings is 3. The molecule has 0 aliphatic rings. The largest absolute Gasteiger partial charge is 0.508 e. The summed E-state index contributed by atoms with van der Waals surface area (Å²) in [6.45, 7) is 15.3. The minimum Gasteiger partial charge on any atom is -0.508 e. The van der Waals surface area contributed by atoms with Crippen LogP contribution in [0.4, 0.5) is 11.4 Å². The molecular weight excluding hydrogens is 416 g/mol. The molecule has 0 radical (unpaired) electrons. The van der Waals surface area contributed by atoms with Gasteiger partial charge in [-0.15, -0.1) is 0 Å². The van der Waals surface area contributed by atoms with E-state index in [-0.39, 0.29) is 5.75 Å². The number of rotatable bonds is 8. The van der Waals surface area contributed by atoms with Crippen LogP contribution in [-0.2, 0) is 6.42 Å². The van der Waals surface area contributed by atoms with Gasteiger partial charge in [-0.2, -0.15) is 0 Å². The summed E-state index contributed by atoms with van der Waals surface area (Å²) >= 11 is 0. The van der Waals surface area contributed by atoms with Gasteiger partial charge in [-0.05, 0) is 102 Å². The fraction of sp³-hybridized carbons (Fsp3) is 0.387. The van der Waals surface area contributed by atoms with E-state index in [9.17, 15) is 5.11 Å². The van der Waals surface area contributed by atoms with E-state index < -0.39 is 0 Å². The molecule has 3 aromatic carbocycles. The number of anilines is 1. The molecule has 0 amide bonds. The lowest BCUT2D eigenvalue weighted by molar-refractivity contribution is 0.475. The second-order valence-corrected chi connectivity index (χ2v) is 10.1. The van der Waals surface area contributed by atoms with E-state index in [4.69, 9.17) is 10.7 Å². The van der Waals surface area contributed by atoms with Crippen LogP contribution < -0.4 is 5.73 Å². The molecule has 34 heavy (non-hydrogen) atoms. The molecule has 0 fully saturated rings. The van der Waals surface area contributed by atoms with Gasteiger partial charge in [-0.1, -0.05) is 65.3 Å². The summed E-state index contributed by atoms with van der Waals surface area (Å²) in [4.78, 5) is 5.20. The van der Waals surface area contributed by atoms with Gasteiger partial charge < -0.3 is 10.8 Å². The molecule has 0 atom stereocenters. The molecule has 0 spiro atoms. The van der Waals surface area contributed by atoms with Gasteiger partial charge in [0, 0.05) is 11.4 Å². The molecule has 3 nitrogen and oxygen atoms in total. The first-order valence-electron chi connectivity index (χ1n) is 12.5. The number of aliphatic imine (C=N–C) groups is 1. The highest BCUT2D eigenvalue weighted by Crippen LogP contribution is 2.34. The zero-order valence-electron chi connectivity index (χ0n) is 21.9. The van der Waals surface area contributed by atoms with Gasteiger partial charge in [0.25, 0.3) is 0 Å². The Labute approximate surface area is 205 Å². The van der Waals surface area contributed by atoms with Crippen LogP contribution in [0.25, 0.3) is 0 Å². The second kappa shape index (κ2) is 10.9. The Bertz CT molecular complexity index is 1170. The van der Waals surface area contributed by atoms with Gasteiger partial charge in [0.05, 0.1) is 5.69 Å². The number of phenolic OH excluding ortho intramolecular Hbond substituents is 1. The third kappa shape index (κ3) is 5.88. The molecule has 0 aliphatic heterocycles. The maximum Gasteiger partial charge on any atom is 0.115 e. The number of phenols is 1. The Morgan fingerprint density at radius 2 is 1.41 bits per heavy atom. The first kappa shape index (κ1) is 25.6. The average Bonchev–Trinajstić information content (AvgIpc) is 2.77. The lowest BCUT2D eigenvalue weighted by Crippen LogP contribution is -2.04. The molecule has 0 bridgehead atoms. The summed E-state index contributed by atoms with van der Waals surface area (Å²) in [5.74, 6) is 1.04. The normalized spacial score (nSPS) is 12.1. The highest BCUT2D eigenvalue weighted by atomic mass is 16.3. The monoisotopic (exact) mass is 456 g/mol. The Balaban J connectivity index is 2.05. The summed E-state index contributed by atoms with van der Waals surface area (Å²) < 4.78 is 0. The first-order chi connectivity index (χ1) is 16.1. The standard InChI is InChI=1S/C31H40N2O/c1-8-9-29(25-10-12-26(34)13-11-25)33-31-22(7)15-24(18-28(31)20(4)5)16-23-14-21(6)30(32)27(17-23)19(2)3/h10-15,17-20,34H,8-9,16,32H2,1-7H3. The quantitative estimate of drug-likeness (QED) is 0.264. The second-order valence-electron chi connectivity index (χ2n) is 10.1. The summed E-state index contributed by atoms with van der Waals surface area (Å²) in [7, 11) is 0. The average molecular weight is 457 g/mol. The SMILES string of the molecule is CCCC(=Nc1c(C)cc(Cc2cc(C)c(N)c(C(C)C)c2)cc1C(C)C)c1ccc(O)cc1. The molecule has 0 saturated heterocycles. The van der Waals surface area contributed by atoms with Crippen molar-refractivity contribution in [1.29, 1.82) is 0 Å². The van der Waals surface area contributed by atoms with E-state index in [1.165, 1.54) is 27.8 Å². The highest BCUT2D eigenvalue weighted by molar-refractivity contribution is 6.02. The van der Waals surface area contributed by atoms with Crippen molar-refractivity contribution < 1.29 is 5.11 Å². The maximum absolute atomic E-state index is 9.70. The number of aryl methyl sites for hydroxylation is 2. The van der Waals surface area contributed by atoms with E-state index in [1.54, 1.807) is 12.1 Å². The summed E-state index contributed by atoms with van der Waals surface area (Å²) in [5.41, 5.74) is 17.9. The van der Waals surface area contributed by atoms with Crippen LogP contribution in [0.2, 0.25) is 0 Å². The van der Waals surface area contributed by atoms with Crippen molar-refractivity contribution >= 4 is 17.1 Å². The number of nitrogens with two attached hydrogens (primary N) is 1. The Kier molecular flexibility index (Phi) is 8.19. The fourth-order valence-corrected chi connectivity index (χ4v) is 4.59. The van der Waals surface area contributed by atoms with Crippen LogP contribution in [0, 0.1) is 13.8 Å². The minimum absolute atomic E-state index is 0.279. The first-order valence-corrected chi connectivity index (χ1v) is 12.5. The smallest absolute Gasteiger partial charge is 0.115 e. The lowest BCUT2D eigenvalue weighted by Gasteiger charge is -2.18. The number of nitrogen functional groups attached to an aromatic ring is 1. The number of hydrogen-bond acceptors (Lipinski definition) is 3. The van der Waals surface area contributed by atoms with Crippen LogP contribution in [0.3, 0.4) is 0 Å².